The number of pyridine rings is 1. The van der Waals surface area contributed by atoms with Gasteiger partial charge in [0.25, 0.3) is 5.56 Å². The second-order valence-corrected chi connectivity index (χ2v) is 5.63. The van der Waals surface area contributed by atoms with Gasteiger partial charge in [0.2, 0.25) is 5.91 Å². The molecular formula is C18H18FN3O3. The van der Waals surface area contributed by atoms with Gasteiger partial charge in [-0.2, -0.15) is 5.26 Å². The van der Waals surface area contributed by atoms with Crippen LogP contribution in [0, 0.1) is 31.0 Å². The van der Waals surface area contributed by atoms with Crippen molar-refractivity contribution in [3.63, 3.8) is 0 Å². The molecule has 1 N–H and O–H groups in total. The summed E-state index contributed by atoms with van der Waals surface area (Å²) in [6.07, 6.45) is 0. The summed E-state index contributed by atoms with van der Waals surface area (Å²) in [4.78, 5) is 24.6. The van der Waals surface area contributed by atoms with Crippen LogP contribution in [0.3, 0.4) is 0 Å². The number of halogens is 1. The van der Waals surface area contributed by atoms with E-state index in [1.807, 2.05) is 6.07 Å². The van der Waals surface area contributed by atoms with Crippen molar-refractivity contribution in [1.29, 1.82) is 5.26 Å². The number of aromatic nitrogens is 1. The minimum absolute atomic E-state index is 0.0540. The van der Waals surface area contributed by atoms with E-state index in [9.17, 15) is 19.2 Å². The summed E-state index contributed by atoms with van der Waals surface area (Å²) in [6, 6.07) is 7.84. The summed E-state index contributed by atoms with van der Waals surface area (Å²) in [5, 5.41) is 11.7. The van der Waals surface area contributed by atoms with Gasteiger partial charge in [0.1, 0.15) is 24.0 Å². The van der Waals surface area contributed by atoms with Crippen LogP contribution in [0.15, 0.2) is 29.1 Å². The lowest BCUT2D eigenvalue weighted by atomic mass is 10.1. The summed E-state index contributed by atoms with van der Waals surface area (Å²) in [5.41, 5.74) is 1.17. The van der Waals surface area contributed by atoms with Crippen LogP contribution >= 0.6 is 0 Å². The first-order valence-corrected chi connectivity index (χ1v) is 7.55. The Hall–Kier alpha value is -2.98. The maximum atomic E-state index is 13.5. The lowest BCUT2D eigenvalue weighted by Crippen LogP contribution is -2.31. The Bertz CT molecular complexity index is 913. The number of nitriles is 1. The van der Waals surface area contributed by atoms with Crippen molar-refractivity contribution in [2.45, 2.75) is 27.0 Å². The molecule has 1 heterocycles. The van der Waals surface area contributed by atoms with Crippen LogP contribution in [0.1, 0.15) is 22.4 Å². The van der Waals surface area contributed by atoms with E-state index >= 15 is 0 Å². The van der Waals surface area contributed by atoms with Crippen molar-refractivity contribution < 1.29 is 13.9 Å². The first-order chi connectivity index (χ1) is 11.9. The molecule has 1 aromatic heterocycles. The van der Waals surface area contributed by atoms with Crippen molar-refractivity contribution in [3.05, 3.63) is 62.8 Å². The fourth-order valence-electron chi connectivity index (χ4n) is 2.43. The van der Waals surface area contributed by atoms with Crippen molar-refractivity contribution in [2.24, 2.45) is 0 Å². The minimum Gasteiger partial charge on any atom is -0.380 e. The Morgan fingerprint density at radius 1 is 1.36 bits per heavy atom. The lowest BCUT2D eigenvalue weighted by Gasteiger charge is -2.13. The van der Waals surface area contributed by atoms with Gasteiger partial charge in [0.05, 0.1) is 6.61 Å². The average Bonchev–Trinajstić information content (AvgIpc) is 2.55. The summed E-state index contributed by atoms with van der Waals surface area (Å²) >= 11 is 0. The topological polar surface area (TPSA) is 84.1 Å². The number of hydrogen-bond donors (Lipinski definition) is 1. The van der Waals surface area contributed by atoms with Gasteiger partial charge in [0.15, 0.2) is 0 Å². The molecule has 130 valence electrons. The van der Waals surface area contributed by atoms with E-state index in [1.165, 1.54) is 17.7 Å². The Balaban J connectivity index is 2.27. The molecule has 0 aliphatic rings. The zero-order chi connectivity index (χ0) is 18.6. The van der Waals surface area contributed by atoms with Crippen LogP contribution in [0.5, 0.6) is 0 Å². The molecule has 0 atom stereocenters. The number of methoxy groups -OCH3 is 1. The molecule has 6 nitrogen and oxygen atoms in total. The Morgan fingerprint density at radius 2 is 2.08 bits per heavy atom. The van der Waals surface area contributed by atoms with Crippen molar-refractivity contribution in [3.8, 4) is 6.07 Å². The highest BCUT2D eigenvalue weighted by molar-refractivity contribution is 5.90. The molecule has 0 unspecified atom stereocenters. The Kier molecular flexibility index (Phi) is 5.67. The number of nitrogens with one attached hydrogen (secondary N) is 1. The van der Waals surface area contributed by atoms with E-state index in [0.29, 0.717) is 22.5 Å². The molecule has 2 rings (SSSR count). The van der Waals surface area contributed by atoms with Gasteiger partial charge < -0.3 is 14.6 Å². The third kappa shape index (κ3) is 4.11. The maximum absolute atomic E-state index is 13.5. The first kappa shape index (κ1) is 18.4. The molecule has 1 aromatic carbocycles. The summed E-state index contributed by atoms with van der Waals surface area (Å²) in [5.74, 6) is -0.918. The molecule has 0 bridgehead atoms. The van der Waals surface area contributed by atoms with Crippen LogP contribution in [0.2, 0.25) is 0 Å². The molecule has 0 aliphatic carbocycles. The second-order valence-electron chi connectivity index (χ2n) is 5.63. The third-order valence-electron chi connectivity index (χ3n) is 3.76. The quantitative estimate of drug-likeness (QED) is 0.902. The molecule has 7 heteroatoms. The molecule has 0 saturated heterocycles. The number of carbonyl (C=O) groups excluding carboxylic acids is 1. The van der Waals surface area contributed by atoms with Gasteiger partial charge >= 0.3 is 0 Å². The smallest absolute Gasteiger partial charge is 0.269 e. The average molecular weight is 343 g/mol. The highest BCUT2D eigenvalue weighted by atomic mass is 19.1. The van der Waals surface area contributed by atoms with E-state index in [4.69, 9.17) is 4.74 Å². The van der Waals surface area contributed by atoms with Crippen LogP contribution in [0.4, 0.5) is 10.1 Å². The maximum Gasteiger partial charge on any atom is 0.269 e. The van der Waals surface area contributed by atoms with Gasteiger partial charge in [-0.15, -0.1) is 0 Å². The molecule has 0 saturated carbocycles. The molecule has 0 radical (unpaired) electrons. The highest BCUT2D eigenvalue weighted by Gasteiger charge is 2.15. The van der Waals surface area contributed by atoms with E-state index < -0.39 is 17.3 Å². The molecule has 0 spiro atoms. The second kappa shape index (κ2) is 7.73. The molecule has 2 aromatic rings. The van der Waals surface area contributed by atoms with Gasteiger partial charge in [0, 0.05) is 24.1 Å². The molecule has 1 amide bonds. The predicted octanol–water partition coefficient (Wildman–Crippen LogP) is 2.26. The lowest BCUT2D eigenvalue weighted by molar-refractivity contribution is -0.116. The van der Waals surface area contributed by atoms with Crippen LogP contribution in [-0.4, -0.2) is 17.6 Å². The van der Waals surface area contributed by atoms with Crippen LogP contribution < -0.4 is 10.9 Å². The van der Waals surface area contributed by atoms with E-state index in [1.54, 1.807) is 32.0 Å². The molecular weight excluding hydrogens is 325 g/mol. The number of ether oxygens (including phenoxy) is 1. The first-order valence-electron chi connectivity index (χ1n) is 7.55. The number of carbonyl (C=O) groups is 1. The number of rotatable bonds is 5. The number of aryl methyl sites for hydroxylation is 2. The minimum atomic E-state index is -0.556. The van der Waals surface area contributed by atoms with E-state index in [2.05, 4.69) is 5.32 Å². The van der Waals surface area contributed by atoms with Gasteiger partial charge in [-0.05, 0) is 37.6 Å². The number of anilines is 1. The monoisotopic (exact) mass is 343 g/mol. The number of nitrogens with zero attached hydrogens (tertiary/aromatic N) is 2. The summed E-state index contributed by atoms with van der Waals surface area (Å²) in [7, 11) is 1.47. The van der Waals surface area contributed by atoms with Crippen LogP contribution in [0.25, 0.3) is 0 Å². The zero-order valence-corrected chi connectivity index (χ0v) is 14.2. The summed E-state index contributed by atoms with van der Waals surface area (Å²) in [6.45, 7) is 3.14. The number of hydrogen-bond acceptors (Lipinski definition) is 4. The summed E-state index contributed by atoms with van der Waals surface area (Å²) < 4.78 is 19.7. The van der Waals surface area contributed by atoms with Crippen molar-refractivity contribution in [2.75, 3.05) is 12.4 Å². The molecule has 25 heavy (non-hydrogen) atoms. The fourth-order valence-corrected chi connectivity index (χ4v) is 2.43. The Labute approximate surface area is 144 Å². The predicted molar refractivity (Wildman–Crippen MR) is 90.6 cm³/mol. The van der Waals surface area contributed by atoms with Crippen LogP contribution in [-0.2, 0) is 22.7 Å². The van der Waals surface area contributed by atoms with Gasteiger partial charge in [-0.1, -0.05) is 6.07 Å². The van der Waals surface area contributed by atoms with Gasteiger partial charge in [-0.3, -0.25) is 9.59 Å². The zero-order valence-electron chi connectivity index (χ0n) is 14.2. The molecule has 0 aliphatic heterocycles. The van der Waals surface area contributed by atoms with Gasteiger partial charge in [-0.25, -0.2) is 4.39 Å². The van der Waals surface area contributed by atoms with E-state index in [0.717, 1.165) is 0 Å². The molecule has 0 fully saturated rings. The normalized spacial score (nSPS) is 10.4. The van der Waals surface area contributed by atoms with Crippen molar-refractivity contribution >= 4 is 11.6 Å². The SMILES string of the molecule is COCc1cc(C)n(CC(=O)Nc2ccc(C)c(F)c2)c(=O)c1C#N. The third-order valence-corrected chi connectivity index (χ3v) is 3.76. The largest absolute Gasteiger partial charge is 0.380 e. The highest BCUT2D eigenvalue weighted by Crippen LogP contribution is 2.14. The fraction of sp³-hybridized carbons (Fsp3) is 0.278. The van der Waals surface area contributed by atoms with E-state index in [-0.39, 0.29) is 18.7 Å². The number of benzene rings is 1. The number of amides is 1. The Morgan fingerprint density at radius 3 is 2.68 bits per heavy atom. The standard InChI is InChI=1S/C18H18FN3O3/c1-11-4-5-14(7-16(11)19)21-17(23)9-22-12(2)6-13(10-25-3)15(8-20)18(22)24/h4-7H,9-10H2,1-3H3,(H,21,23). The van der Waals surface area contributed by atoms with Crippen molar-refractivity contribution in [1.82, 2.24) is 4.57 Å².